The van der Waals surface area contributed by atoms with Crippen LogP contribution >= 0.6 is 0 Å². The molecule has 0 bridgehead atoms. The monoisotopic (exact) mass is 102 g/mol. The molecule has 0 saturated carbocycles. The van der Waals surface area contributed by atoms with Gasteiger partial charge in [0.25, 0.3) is 0 Å². The lowest BCUT2D eigenvalue weighted by molar-refractivity contribution is 0.0479. The van der Waals surface area contributed by atoms with Gasteiger partial charge in [0.2, 0.25) is 0 Å². The third-order valence-corrected chi connectivity index (χ3v) is 0.808. The molecule has 0 aromatic rings. The SMILES string of the molecule is CC[C@@H](C)ON=N. The normalized spacial score (nSPS) is 12.9. The van der Waals surface area contributed by atoms with Crippen molar-refractivity contribution in [1.82, 2.24) is 0 Å². The van der Waals surface area contributed by atoms with E-state index < -0.39 is 0 Å². The van der Waals surface area contributed by atoms with Gasteiger partial charge >= 0.3 is 0 Å². The fraction of sp³-hybridized carbons (Fsp3) is 1.00. The standard InChI is InChI=1S/C4H10N2O/c1-3-4(2)7-6-5/h4-5H,3H2,1-2H3/t4-/m1/s1. The number of hydrogen-bond acceptors (Lipinski definition) is 3. The molecular weight excluding hydrogens is 92.1 g/mol. The Bertz CT molecular complexity index is 55.7. The van der Waals surface area contributed by atoms with Gasteiger partial charge in [-0.3, -0.25) is 0 Å². The van der Waals surface area contributed by atoms with Crippen LogP contribution in [0.25, 0.3) is 0 Å². The van der Waals surface area contributed by atoms with Gasteiger partial charge in [-0.2, -0.15) is 5.53 Å². The van der Waals surface area contributed by atoms with E-state index in [1.54, 1.807) is 0 Å². The molecule has 0 unspecified atom stereocenters. The second-order valence-corrected chi connectivity index (χ2v) is 1.42. The van der Waals surface area contributed by atoms with Gasteiger partial charge < -0.3 is 4.84 Å². The lowest BCUT2D eigenvalue weighted by Crippen LogP contribution is -1.99. The lowest BCUT2D eigenvalue weighted by atomic mass is 10.3. The van der Waals surface area contributed by atoms with Crippen LogP contribution in [0.5, 0.6) is 0 Å². The average Bonchev–Trinajstić information content (AvgIpc) is 1.68. The van der Waals surface area contributed by atoms with E-state index in [4.69, 9.17) is 5.53 Å². The summed E-state index contributed by atoms with van der Waals surface area (Å²) in [5, 5.41) is 2.76. The highest BCUT2D eigenvalue weighted by atomic mass is 16.6. The van der Waals surface area contributed by atoms with Crippen LogP contribution in [0.3, 0.4) is 0 Å². The smallest absolute Gasteiger partial charge is 0.126 e. The molecule has 0 aromatic carbocycles. The predicted octanol–water partition coefficient (Wildman–Crippen LogP) is 1.75. The van der Waals surface area contributed by atoms with Gasteiger partial charge in [0.05, 0.1) is 0 Å². The van der Waals surface area contributed by atoms with Crippen molar-refractivity contribution in [2.45, 2.75) is 26.4 Å². The molecule has 0 radical (unpaired) electrons. The molecular formula is C4H10N2O. The number of nitrogens with zero attached hydrogens (tertiary/aromatic N) is 1. The van der Waals surface area contributed by atoms with Gasteiger partial charge in [-0.05, 0) is 13.3 Å². The van der Waals surface area contributed by atoms with Gasteiger partial charge in [-0.1, -0.05) is 6.92 Å². The maximum absolute atomic E-state index is 6.24. The minimum Gasteiger partial charge on any atom is -0.377 e. The van der Waals surface area contributed by atoms with Crippen LogP contribution in [0.1, 0.15) is 20.3 Å². The molecule has 7 heavy (non-hydrogen) atoms. The van der Waals surface area contributed by atoms with E-state index in [1.807, 2.05) is 13.8 Å². The van der Waals surface area contributed by atoms with Crippen molar-refractivity contribution in [3.05, 3.63) is 0 Å². The van der Waals surface area contributed by atoms with Crippen molar-refractivity contribution in [3.8, 4) is 0 Å². The number of rotatable bonds is 3. The summed E-state index contributed by atoms with van der Waals surface area (Å²) >= 11 is 0. The zero-order chi connectivity index (χ0) is 5.70. The highest BCUT2D eigenvalue weighted by molar-refractivity contribution is 4.38. The summed E-state index contributed by atoms with van der Waals surface area (Å²) in [6.45, 7) is 3.86. The third kappa shape index (κ3) is 3.22. The first kappa shape index (κ1) is 6.40. The summed E-state index contributed by atoms with van der Waals surface area (Å²) in [7, 11) is 0. The van der Waals surface area contributed by atoms with E-state index >= 15 is 0 Å². The minimum absolute atomic E-state index is 0.0949. The maximum atomic E-state index is 6.24. The molecule has 0 aliphatic carbocycles. The first-order valence-corrected chi connectivity index (χ1v) is 2.33. The van der Waals surface area contributed by atoms with Crippen molar-refractivity contribution in [1.29, 1.82) is 5.53 Å². The topological polar surface area (TPSA) is 45.4 Å². The summed E-state index contributed by atoms with van der Waals surface area (Å²) in [4.78, 5) is 4.48. The molecule has 0 aliphatic rings. The zero-order valence-electron chi connectivity index (χ0n) is 4.64. The Hall–Kier alpha value is -0.600. The Labute approximate surface area is 43.1 Å². The predicted molar refractivity (Wildman–Crippen MR) is 26.0 cm³/mol. The Balaban J connectivity index is 2.98. The van der Waals surface area contributed by atoms with Crippen LogP contribution in [-0.2, 0) is 4.84 Å². The van der Waals surface area contributed by atoms with Crippen molar-refractivity contribution in [2.24, 2.45) is 5.28 Å². The largest absolute Gasteiger partial charge is 0.377 e. The van der Waals surface area contributed by atoms with E-state index in [0.717, 1.165) is 6.42 Å². The van der Waals surface area contributed by atoms with Crippen molar-refractivity contribution < 1.29 is 4.84 Å². The van der Waals surface area contributed by atoms with Gasteiger partial charge in [0.1, 0.15) is 6.10 Å². The quantitative estimate of drug-likeness (QED) is 0.428. The molecule has 3 nitrogen and oxygen atoms in total. The Morgan fingerprint density at radius 1 is 1.86 bits per heavy atom. The lowest BCUT2D eigenvalue weighted by Gasteiger charge is -2.00. The minimum atomic E-state index is 0.0949. The van der Waals surface area contributed by atoms with E-state index in [9.17, 15) is 0 Å². The van der Waals surface area contributed by atoms with Gasteiger partial charge in [0.15, 0.2) is 0 Å². The van der Waals surface area contributed by atoms with Crippen LogP contribution in [0.2, 0.25) is 0 Å². The number of nitrogens with one attached hydrogen (secondary N) is 1. The van der Waals surface area contributed by atoms with Crippen LogP contribution in [0.4, 0.5) is 0 Å². The van der Waals surface area contributed by atoms with Crippen LogP contribution in [0.15, 0.2) is 5.28 Å². The second kappa shape index (κ2) is 3.59. The molecule has 0 aliphatic heterocycles. The summed E-state index contributed by atoms with van der Waals surface area (Å²) in [6.07, 6.45) is 1.00. The van der Waals surface area contributed by atoms with Crippen molar-refractivity contribution >= 4 is 0 Å². The molecule has 0 spiro atoms. The highest BCUT2D eigenvalue weighted by Crippen LogP contribution is 1.93. The van der Waals surface area contributed by atoms with Crippen LogP contribution in [0, 0.1) is 5.53 Å². The molecule has 0 fully saturated rings. The Morgan fingerprint density at radius 3 is 2.57 bits per heavy atom. The zero-order valence-corrected chi connectivity index (χ0v) is 4.64. The Kier molecular flexibility index (Phi) is 3.28. The van der Waals surface area contributed by atoms with Crippen molar-refractivity contribution in [2.75, 3.05) is 0 Å². The average molecular weight is 102 g/mol. The fourth-order valence-corrected chi connectivity index (χ4v) is 0.165. The van der Waals surface area contributed by atoms with Gasteiger partial charge in [0, 0.05) is 5.28 Å². The van der Waals surface area contributed by atoms with Gasteiger partial charge in [-0.25, -0.2) is 0 Å². The molecule has 1 atom stereocenters. The van der Waals surface area contributed by atoms with E-state index in [0.29, 0.717) is 0 Å². The molecule has 0 heterocycles. The fourth-order valence-electron chi connectivity index (χ4n) is 0.165. The molecule has 1 N–H and O–H groups in total. The second-order valence-electron chi connectivity index (χ2n) is 1.42. The molecule has 0 rings (SSSR count). The van der Waals surface area contributed by atoms with Crippen LogP contribution < -0.4 is 0 Å². The molecule has 0 saturated heterocycles. The molecule has 0 amide bonds. The summed E-state index contributed by atoms with van der Waals surface area (Å²) in [5.74, 6) is 0. The van der Waals surface area contributed by atoms with E-state index in [-0.39, 0.29) is 6.10 Å². The van der Waals surface area contributed by atoms with E-state index in [1.165, 1.54) is 0 Å². The molecule has 42 valence electrons. The Morgan fingerprint density at radius 2 is 2.43 bits per heavy atom. The highest BCUT2D eigenvalue weighted by Gasteiger charge is 1.93. The van der Waals surface area contributed by atoms with Gasteiger partial charge in [-0.15, -0.1) is 0 Å². The molecule has 0 aromatic heterocycles. The first-order valence-electron chi connectivity index (χ1n) is 2.33. The number of hydrogen-bond donors (Lipinski definition) is 1. The first-order chi connectivity index (χ1) is 3.31. The third-order valence-electron chi connectivity index (χ3n) is 0.808. The summed E-state index contributed by atoms with van der Waals surface area (Å²) in [5.41, 5.74) is 6.24. The van der Waals surface area contributed by atoms with E-state index in [2.05, 4.69) is 10.1 Å². The summed E-state index contributed by atoms with van der Waals surface area (Å²) in [6, 6.07) is 0. The summed E-state index contributed by atoms with van der Waals surface area (Å²) < 4.78 is 0. The van der Waals surface area contributed by atoms with Crippen LogP contribution in [-0.4, -0.2) is 6.10 Å². The maximum Gasteiger partial charge on any atom is 0.126 e. The molecule has 3 heteroatoms. The van der Waals surface area contributed by atoms with Crippen molar-refractivity contribution in [3.63, 3.8) is 0 Å².